The lowest BCUT2D eigenvalue weighted by molar-refractivity contribution is -0.172. The number of ether oxygens (including phenoxy) is 1. The fourth-order valence-corrected chi connectivity index (χ4v) is 2.75. The summed E-state index contributed by atoms with van der Waals surface area (Å²) in [5, 5.41) is 16.3. The molecule has 0 aliphatic heterocycles. The van der Waals surface area contributed by atoms with Crippen molar-refractivity contribution in [3.63, 3.8) is 0 Å². The lowest BCUT2D eigenvalue weighted by Crippen LogP contribution is -2.74. The van der Waals surface area contributed by atoms with Crippen molar-refractivity contribution in [3.8, 4) is 0 Å². The third kappa shape index (κ3) is 2.23. The van der Waals surface area contributed by atoms with Gasteiger partial charge in [-0.25, -0.2) is 0 Å². The van der Waals surface area contributed by atoms with E-state index in [1.54, 1.807) is 13.0 Å². The Bertz CT molecular complexity index is 497. The highest BCUT2D eigenvalue weighted by molar-refractivity contribution is 5.93. The molecule has 2 rings (SSSR count). The Morgan fingerprint density at radius 1 is 1.65 bits per heavy atom. The number of amides is 1. The van der Waals surface area contributed by atoms with Gasteiger partial charge in [-0.2, -0.15) is 0 Å². The molecule has 2 atom stereocenters. The molecule has 2 N–H and O–H groups in total. The largest absolute Gasteiger partial charge is 0.394 e. The molecule has 1 fully saturated rings. The zero-order valence-corrected chi connectivity index (χ0v) is 12.4. The summed E-state index contributed by atoms with van der Waals surface area (Å²) >= 11 is 0. The number of rotatable bonds is 5. The monoisotopic (exact) mass is 282 g/mol. The van der Waals surface area contributed by atoms with E-state index < -0.39 is 5.54 Å². The molecule has 1 aliphatic rings. The van der Waals surface area contributed by atoms with Gasteiger partial charge < -0.3 is 19.7 Å². The molecule has 1 saturated carbocycles. The summed E-state index contributed by atoms with van der Waals surface area (Å²) < 4.78 is 10.5. The van der Waals surface area contributed by atoms with E-state index in [1.807, 2.05) is 20.8 Å². The molecule has 0 saturated heterocycles. The second kappa shape index (κ2) is 5.18. The van der Waals surface area contributed by atoms with Crippen LogP contribution in [0.15, 0.2) is 10.6 Å². The van der Waals surface area contributed by atoms with E-state index in [1.165, 1.54) is 0 Å². The second-order valence-electron chi connectivity index (χ2n) is 5.89. The second-order valence-corrected chi connectivity index (χ2v) is 5.89. The van der Waals surface area contributed by atoms with Gasteiger partial charge in [0.05, 0.1) is 18.2 Å². The predicted molar refractivity (Wildman–Crippen MR) is 72.3 cm³/mol. The summed E-state index contributed by atoms with van der Waals surface area (Å²) in [5.74, 6) is 0.243. The summed E-state index contributed by atoms with van der Waals surface area (Å²) in [5.41, 5.74) is -0.797. The molecule has 0 spiro atoms. The number of nitrogens with zero attached hydrogens (tertiary/aromatic N) is 1. The number of nitrogens with one attached hydrogen (secondary N) is 1. The number of aromatic nitrogens is 1. The zero-order valence-electron chi connectivity index (χ0n) is 12.4. The van der Waals surface area contributed by atoms with Crippen LogP contribution in [-0.2, 0) is 4.74 Å². The van der Waals surface area contributed by atoms with Crippen LogP contribution in [0.25, 0.3) is 0 Å². The lowest BCUT2D eigenvalue weighted by Gasteiger charge is -2.60. The quantitative estimate of drug-likeness (QED) is 0.849. The van der Waals surface area contributed by atoms with Crippen molar-refractivity contribution >= 4 is 5.91 Å². The number of hydrogen-bond acceptors (Lipinski definition) is 5. The third-order valence-electron chi connectivity index (χ3n) is 4.42. The maximum absolute atomic E-state index is 12.2. The van der Waals surface area contributed by atoms with Gasteiger partial charge in [0.25, 0.3) is 5.91 Å². The number of carbonyl (C=O) groups excluding carboxylic acids is 1. The summed E-state index contributed by atoms with van der Waals surface area (Å²) in [7, 11) is 0. The van der Waals surface area contributed by atoms with Gasteiger partial charge in [0.15, 0.2) is 5.69 Å². The first kappa shape index (κ1) is 15.0. The minimum Gasteiger partial charge on any atom is -0.394 e. The summed E-state index contributed by atoms with van der Waals surface area (Å²) in [4.78, 5) is 12.2. The average Bonchev–Trinajstić information content (AvgIpc) is 2.83. The van der Waals surface area contributed by atoms with E-state index in [2.05, 4.69) is 10.5 Å². The van der Waals surface area contributed by atoms with Gasteiger partial charge in [-0.1, -0.05) is 19.0 Å². The van der Waals surface area contributed by atoms with Crippen LogP contribution in [-0.4, -0.2) is 41.0 Å². The van der Waals surface area contributed by atoms with E-state index in [0.29, 0.717) is 18.8 Å². The number of hydrogen-bond donors (Lipinski definition) is 2. The summed E-state index contributed by atoms with van der Waals surface area (Å²) in [6.07, 6.45) is 0.617. The van der Waals surface area contributed by atoms with E-state index in [-0.39, 0.29) is 29.7 Å². The first-order valence-corrected chi connectivity index (χ1v) is 6.84. The van der Waals surface area contributed by atoms with Crippen molar-refractivity contribution in [1.82, 2.24) is 10.5 Å². The first-order valence-electron chi connectivity index (χ1n) is 6.84. The third-order valence-corrected chi connectivity index (χ3v) is 4.42. The van der Waals surface area contributed by atoms with E-state index in [0.717, 1.165) is 0 Å². The smallest absolute Gasteiger partial charge is 0.274 e. The number of aryl methyl sites for hydroxylation is 1. The molecule has 1 amide bonds. The van der Waals surface area contributed by atoms with Gasteiger partial charge in [-0.15, -0.1) is 0 Å². The molecule has 6 nitrogen and oxygen atoms in total. The maximum atomic E-state index is 12.2. The molecule has 6 heteroatoms. The van der Waals surface area contributed by atoms with E-state index in [9.17, 15) is 9.90 Å². The SMILES string of the molecule is CCO[C@H]1C[C@](CO)(NC(=O)c2cc(C)on2)C1(C)C. The van der Waals surface area contributed by atoms with Gasteiger partial charge in [-0.05, 0) is 13.8 Å². The Kier molecular flexibility index (Phi) is 3.88. The molecule has 1 aromatic rings. The van der Waals surface area contributed by atoms with Crippen LogP contribution in [0.4, 0.5) is 0 Å². The fraction of sp³-hybridized carbons (Fsp3) is 0.714. The molecular weight excluding hydrogens is 260 g/mol. The standard InChI is InChI=1S/C14H22N2O4/c1-5-19-11-7-14(8-17,13(11,3)4)15-12(18)10-6-9(2)20-16-10/h6,11,17H,5,7-8H2,1-4H3,(H,15,18)/t11-,14+/m0/s1. The van der Waals surface area contributed by atoms with Crippen LogP contribution in [0.5, 0.6) is 0 Å². The van der Waals surface area contributed by atoms with Crippen molar-refractivity contribution in [1.29, 1.82) is 0 Å². The van der Waals surface area contributed by atoms with Crippen LogP contribution in [0.1, 0.15) is 43.4 Å². The molecule has 1 aliphatic carbocycles. The van der Waals surface area contributed by atoms with E-state index >= 15 is 0 Å². The molecule has 20 heavy (non-hydrogen) atoms. The van der Waals surface area contributed by atoms with Crippen molar-refractivity contribution in [3.05, 3.63) is 17.5 Å². The van der Waals surface area contributed by atoms with Crippen LogP contribution >= 0.6 is 0 Å². The molecule has 0 unspecified atom stereocenters. The van der Waals surface area contributed by atoms with Crippen molar-refractivity contribution in [2.45, 2.75) is 45.8 Å². The topological polar surface area (TPSA) is 84.6 Å². The predicted octanol–water partition coefficient (Wildman–Crippen LogP) is 1.28. The highest BCUT2D eigenvalue weighted by Gasteiger charge is 2.61. The Hall–Kier alpha value is -1.40. The molecule has 0 aromatic carbocycles. The van der Waals surface area contributed by atoms with Crippen LogP contribution in [0, 0.1) is 12.3 Å². The number of carbonyl (C=O) groups is 1. The summed E-state index contributed by atoms with van der Waals surface area (Å²) in [6.45, 7) is 8.12. The highest BCUT2D eigenvalue weighted by atomic mass is 16.5. The Morgan fingerprint density at radius 2 is 2.35 bits per heavy atom. The average molecular weight is 282 g/mol. The Morgan fingerprint density at radius 3 is 2.80 bits per heavy atom. The fourth-order valence-electron chi connectivity index (χ4n) is 2.75. The Labute approximate surface area is 118 Å². The van der Waals surface area contributed by atoms with Crippen LogP contribution < -0.4 is 5.32 Å². The molecule has 1 aromatic heterocycles. The molecule has 0 radical (unpaired) electrons. The van der Waals surface area contributed by atoms with Crippen LogP contribution in [0.2, 0.25) is 0 Å². The maximum Gasteiger partial charge on any atom is 0.274 e. The minimum absolute atomic E-state index is 0.0268. The Balaban J connectivity index is 2.12. The van der Waals surface area contributed by atoms with Gasteiger partial charge in [0.2, 0.25) is 0 Å². The highest BCUT2D eigenvalue weighted by Crippen LogP contribution is 2.51. The number of aliphatic hydroxyl groups excluding tert-OH is 1. The minimum atomic E-state index is -0.684. The van der Waals surface area contributed by atoms with Crippen LogP contribution in [0.3, 0.4) is 0 Å². The molecular formula is C14H22N2O4. The zero-order chi connectivity index (χ0) is 15.0. The first-order chi connectivity index (χ1) is 9.36. The van der Waals surface area contributed by atoms with E-state index in [4.69, 9.17) is 9.26 Å². The lowest BCUT2D eigenvalue weighted by atomic mass is 9.54. The molecule has 112 valence electrons. The van der Waals surface area contributed by atoms with Crippen molar-refractivity contribution < 1.29 is 19.2 Å². The normalized spacial score (nSPS) is 27.9. The summed E-state index contributed by atoms with van der Waals surface area (Å²) in [6, 6.07) is 1.58. The van der Waals surface area contributed by atoms with Crippen molar-refractivity contribution in [2.75, 3.05) is 13.2 Å². The van der Waals surface area contributed by atoms with Gasteiger partial charge in [0.1, 0.15) is 5.76 Å². The number of aliphatic hydroxyl groups is 1. The van der Waals surface area contributed by atoms with Gasteiger partial charge in [0, 0.05) is 24.5 Å². The van der Waals surface area contributed by atoms with Gasteiger partial charge in [-0.3, -0.25) is 4.79 Å². The van der Waals surface area contributed by atoms with Crippen molar-refractivity contribution in [2.24, 2.45) is 5.41 Å². The molecule has 1 heterocycles. The molecule has 0 bridgehead atoms. The van der Waals surface area contributed by atoms with Gasteiger partial charge >= 0.3 is 0 Å².